The van der Waals surface area contributed by atoms with Crippen molar-refractivity contribution in [1.82, 2.24) is 30.2 Å². The Hall–Kier alpha value is -3.46. The second-order valence-electron chi connectivity index (χ2n) is 8.06. The van der Waals surface area contributed by atoms with Gasteiger partial charge in [0, 0.05) is 30.3 Å². The molecule has 1 N–H and O–H groups in total. The summed E-state index contributed by atoms with van der Waals surface area (Å²) >= 11 is 1.62. The lowest BCUT2D eigenvalue weighted by molar-refractivity contribution is 0.0948. The zero-order valence-corrected chi connectivity index (χ0v) is 19.7. The summed E-state index contributed by atoms with van der Waals surface area (Å²) in [5.74, 6) is 2.11. The second-order valence-corrected chi connectivity index (χ2v) is 9.00. The van der Waals surface area contributed by atoms with Gasteiger partial charge in [0.15, 0.2) is 11.0 Å². The molecule has 0 radical (unpaired) electrons. The van der Waals surface area contributed by atoms with Crippen LogP contribution in [0.5, 0.6) is 0 Å². The zero-order valence-electron chi connectivity index (χ0n) is 18.9. The van der Waals surface area contributed by atoms with E-state index in [2.05, 4.69) is 44.1 Å². The van der Waals surface area contributed by atoms with E-state index in [9.17, 15) is 4.79 Å². The Bertz CT molecular complexity index is 1200. The van der Waals surface area contributed by atoms with Crippen LogP contribution in [0.2, 0.25) is 0 Å². The molecule has 0 bridgehead atoms. The minimum Gasteiger partial charge on any atom is -0.360 e. The molecule has 0 aliphatic rings. The van der Waals surface area contributed by atoms with Crippen molar-refractivity contribution >= 4 is 17.7 Å². The van der Waals surface area contributed by atoms with Gasteiger partial charge in [-0.3, -0.25) is 9.78 Å². The first-order chi connectivity index (χ1) is 16.0. The molecule has 9 heteroatoms. The smallest absolute Gasteiger partial charge is 0.257 e. The van der Waals surface area contributed by atoms with E-state index in [1.807, 2.05) is 42.5 Å². The monoisotopic (exact) mass is 462 g/mol. The molecular formula is C24H26N6O2S. The van der Waals surface area contributed by atoms with Gasteiger partial charge in [0.2, 0.25) is 0 Å². The summed E-state index contributed by atoms with van der Waals surface area (Å²) in [6.07, 6.45) is 3.57. The molecular weight excluding hydrogens is 436 g/mol. The molecule has 3 aromatic heterocycles. The van der Waals surface area contributed by atoms with Crippen LogP contribution in [0.4, 0.5) is 0 Å². The number of benzene rings is 1. The van der Waals surface area contributed by atoms with E-state index < -0.39 is 0 Å². The molecule has 0 aliphatic heterocycles. The van der Waals surface area contributed by atoms with E-state index in [1.54, 1.807) is 31.1 Å². The van der Waals surface area contributed by atoms with E-state index >= 15 is 0 Å². The molecule has 170 valence electrons. The lowest BCUT2D eigenvalue weighted by Gasteiger charge is -2.13. The van der Waals surface area contributed by atoms with Crippen LogP contribution in [-0.4, -0.2) is 30.8 Å². The highest BCUT2D eigenvalue weighted by molar-refractivity contribution is 7.98. The molecule has 8 nitrogen and oxygen atoms in total. The number of amides is 1. The molecule has 0 atom stereocenters. The van der Waals surface area contributed by atoms with Crippen LogP contribution in [0, 0.1) is 12.8 Å². The Labute approximate surface area is 196 Å². The van der Waals surface area contributed by atoms with Gasteiger partial charge in [-0.1, -0.05) is 61.1 Å². The molecule has 3 heterocycles. The highest BCUT2D eigenvalue weighted by Crippen LogP contribution is 2.26. The molecule has 33 heavy (non-hydrogen) atoms. The first-order valence-electron chi connectivity index (χ1n) is 10.8. The van der Waals surface area contributed by atoms with Gasteiger partial charge in [0.05, 0.1) is 6.54 Å². The Balaban J connectivity index is 1.50. The van der Waals surface area contributed by atoms with Crippen molar-refractivity contribution < 1.29 is 9.32 Å². The molecule has 0 aliphatic carbocycles. The Kier molecular flexibility index (Phi) is 7.19. The summed E-state index contributed by atoms with van der Waals surface area (Å²) in [4.78, 5) is 17.1. The van der Waals surface area contributed by atoms with E-state index in [-0.39, 0.29) is 12.5 Å². The number of hydrogen-bond acceptors (Lipinski definition) is 7. The molecule has 0 unspecified atom stereocenters. The largest absolute Gasteiger partial charge is 0.360 e. The lowest BCUT2D eigenvalue weighted by Crippen LogP contribution is -2.26. The molecule has 0 spiro atoms. The predicted octanol–water partition coefficient (Wildman–Crippen LogP) is 4.51. The first kappa shape index (κ1) is 22.7. The van der Waals surface area contributed by atoms with E-state index in [0.717, 1.165) is 23.0 Å². The van der Waals surface area contributed by atoms with Crippen LogP contribution in [0.3, 0.4) is 0 Å². The van der Waals surface area contributed by atoms with Gasteiger partial charge in [0.25, 0.3) is 5.91 Å². The van der Waals surface area contributed by atoms with Crippen molar-refractivity contribution in [1.29, 1.82) is 0 Å². The number of rotatable bonds is 9. The third-order valence-corrected chi connectivity index (χ3v) is 6.04. The van der Waals surface area contributed by atoms with Gasteiger partial charge in [-0.15, -0.1) is 10.2 Å². The van der Waals surface area contributed by atoms with Crippen LogP contribution < -0.4 is 5.32 Å². The zero-order chi connectivity index (χ0) is 23.2. The van der Waals surface area contributed by atoms with Gasteiger partial charge < -0.3 is 14.4 Å². The summed E-state index contributed by atoms with van der Waals surface area (Å²) in [7, 11) is 0. The number of thioether (sulfide) groups is 1. The SMILES string of the molecule is Cc1onc(-c2ccccc2)c1C(=O)NCc1nnc(SCc2ccncc2)n1CC(C)C. The summed E-state index contributed by atoms with van der Waals surface area (Å²) in [5, 5.41) is 16.7. The number of nitrogens with zero attached hydrogens (tertiary/aromatic N) is 5. The lowest BCUT2D eigenvalue weighted by atomic mass is 10.1. The average Bonchev–Trinajstić information content (AvgIpc) is 3.40. The highest BCUT2D eigenvalue weighted by Gasteiger charge is 2.22. The fourth-order valence-electron chi connectivity index (χ4n) is 3.41. The van der Waals surface area contributed by atoms with Crippen LogP contribution >= 0.6 is 11.8 Å². The second kappa shape index (κ2) is 10.4. The van der Waals surface area contributed by atoms with Crippen molar-refractivity contribution in [2.24, 2.45) is 5.92 Å². The van der Waals surface area contributed by atoms with E-state index in [1.165, 1.54) is 5.56 Å². The number of nitrogens with one attached hydrogen (secondary N) is 1. The fraction of sp³-hybridized carbons (Fsp3) is 0.292. The van der Waals surface area contributed by atoms with Crippen molar-refractivity contribution in [2.45, 2.75) is 44.8 Å². The Morgan fingerprint density at radius 2 is 1.88 bits per heavy atom. The molecule has 4 aromatic rings. The number of carbonyl (C=O) groups is 1. The average molecular weight is 463 g/mol. The van der Waals surface area contributed by atoms with Crippen LogP contribution in [0.25, 0.3) is 11.3 Å². The first-order valence-corrected chi connectivity index (χ1v) is 11.7. The van der Waals surface area contributed by atoms with Gasteiger partial charge in [-0.05, 0) is 30.5 Å². The summed E-state index contributed by atoms with van der Waals surface area (Å²) in [6, 6.07) is 13.5. The van der Waals surface area contributed by atoms with Gasteiger partial charge in [0.1, 0.15) is 17.0 Å². The van der Waals surface area contributed by atoms with Crippen LogP contribution in [0.1, 0.15) is 41.4 Å². The Morgan fingerprint density at radius 1 is 1.12 bits per heavy atom. The predicted molar refractivity (Wildman–Crippen MR) is 127 cm³/mol. The minimum absolute atomic E-state index is 0.252. The molecule has 0 fully saturated rings. The van der Waals surface area contributed by atoms with Crippen LogP contribution in [0.15, 0.2) is 64.5 Å². The maximum atomic E-state index is 13.1. The molecule has 0 saturated heterocycles. The van der Waals surface area contributed by atoms with Gasteiger partial charge >= 0.3 is 0 Å². The van der Waals surface area contributed by atoms with Crippen molar-refractivity contribution in [2.75, 3.05) is 0 Å². The van der Waals surface area contributed by atoms with E-state index in [0.29, 0.717) is 28.8 Å². The third kappa shape index (κ3) is 5.48. The Morgan fingerprint density at radius 3 is 2.61 bits per heavy atom. The number of hydrogen-bond donors (Lipinski definition) is 1. The topological polar surface area (TPSA) is 98.7 Å². The van der Waals surface area contributed by atoms with Crippen molar-refractivity contribution in [3.05, 3.63) is 77.6 Å². The summed E-state index contributed by atoms with van der Waals surface area (Å²) < 4.78 is 7.40. The minimum atomic E-state index is -0.252. The third-order valence-electron chi connectivity index (χ3n) is 5.00. The summed E-state index contributed by atoms with van der Waals surface area (Å²) in [6.45, 7) is 7.05. The van der Waals surface area contributed by atoms with Crippen molar-refractivity contribution in [3.8, 4) is 11.3 Å². The molecule has 1 amide bonds. The van der Waals surface area contributed by atoms with Crippen molar-refractivity contribution in [3.63, 3.8) is 0 Å². The number of aromatic nitrogens is 5. The van der Waals surface area contributed by atoms with Gasteiger partial charge in [-0.2, -0.15) is 0 Å². The van der Waals surface area contributed by atoms with Crippen LogP contribution in [-0.2, 0) is 18.8 Å². The normalized spacial score (nSPS) is 11.2. The maximum absolute atomic E-state index is 13.1. The molecule has 4 rings (SSSR count). The number of pyridine rings is 1. The number of carbonyl (C=O) groups excluding carboxylic acids is 1. The quantitative estimate of drug-likeness (QED) is 0.365. The maximum Gasteiger partial charge on any atom is 0.257 e. The highest BCUT2D eigenvalue weighted by atomic mass is 32.2. The number of aryl methyl sites for hydroxylation is 1. The molecule has 1 aromatic carbocycles. The standard InChI is InChI=1S/C24H26N6O2S/c1-16(2)14-30-20(27-28-24(30)33-15-18-9-11-25-12-10-18)13-26-23(31)21-17(3)32-29-22(21)19-7-5-4-6-8-19/h4-12,16H,13-15H2,1-3H3,(H,26,31). The molecule has 0 saturated carbocycles. The summed E-state index contributed by atoms with van der Waals surface area (Å²) in [5.41, 5.74) is 2.96. The fourth-order valence-corrected chi connectivity index (χ4v) is 4.33. The van der Waals surface area contributed by atoms with Gasteiger partial charge in [-0.25, -0.2) is 0 Å². The van der Waals surface area contributed by atoms with E-state index in [4.69, 9.17) is 4.52 Å².